The van der Waals surface area contributed by atoms with E-state index in [0.717, 1.165) is 30.3 Å². The fraction of sp³-hybridized carbons (Fsp3) is 0.647. The van der Waals surface area contributed by atoms with E-state index in [4.69, 9.17) is 10.5 Å². The molecule has 3 nitrogen and oxygen atoms in total. The number of ether oxygens (including phenoxy) is 1. The number of anilines is 1. The van der Waals surface area contributed by atoms with Gasteiger partial charge in [-0.15, -0.1) is 0 Å². The molecule has 1 aromatic carbocycles. The zero-order chi connectivity index (χ0) is 15.1. The van der Waals surface area contributed by atoms with Gasteiger partial charge in [-0.25, -0.2) is 0 Å². The molecule has 0 aromatic heterocycles. The first-order valence-corrected chi connectivity index (χ1v) is 7.76. The van der Waals surface area contributed by atoms with Crippen molar-refractivity contribution in [2.24, 2.45) is 11.7 Å². The van der Waals surface area contributed by atoms with Gasteiger partial charge in [0, 0.05) is 30.4 Å². The first-order valence-electron chi connectivity index (χ1n) is 7.76. The van der Waals surface area contributed by atoms with Crippen LogP contribution in [0.25, 0.3) is 0 Å². The molecule has 0 aliphatic carbocycles. The Morgan fingerprint density at radius 3 is 2.30 bits per heavy atom. The van der Waals surface area contributed by atoms with E-state index in [1.807, 2.05) is 13.0 Å². The van der Waals surface area contributed by atoms with Gasteiger partial charge in [0.15, 0.2) is 0 Å². The summed E-state index contributed by atoms with van der Waals surface area (Å²) in [5.41, 5.74) is 8.50. The lowest BCUT2D eigenvalue weighted by molar-refractivity contribution is 0.406. The van der Waals surface area contributed by atoms with Crippen LogP contribution in [0.2, 0.25) is 0 Å². The Labute approximate surface area is 124 Å². The smallest absolute Gasteiger partial charge is 0.125 e. The quantitative estimate of drug-likeness (QED) is 0.781. The zero-order valence-corrected chi connectivity index (χ0v) is 13.6. The number of rotatable bonds is 8. The second kappa shape index (κ2) is 8.15. The molecule has 0 radical (unpaired) electrons. The van der Waals surface area contributed by atoms with Crippen molar-refractivity contribution in [2.45, 2.75) is 46.6 Å². The van der Waals surface area contributed by atoms with E-state index < -0.39 is 0 Å². The number of benzene rings is 1. The predicted molar refractivity (Wildman–Crippen MR) is 87.6 cm³/mol. The molecule has 0 heterocycles. The third-order valence-corrected chi connectivity index (χ3v) is 4.07. The Morgan fingerprint density at radius 1 is 1.20 bits per heavy atom. The maximum absolute atomic E-state index is 6.17. The van der Waals surface area contributed by atoms with Crippen molar-refractivity contribution >= 4 is 5.69 Å². The van der Waals surface area contributed by atoms with Gasteiger partial charge >= 0.3 is 0 Å². The highest BCUT2D eigenvalue weighted by Gasteiger charge is 2.18. The lowest BCUT2D eigenvalue weighted by Crippen LogP contribution is -2.30. The molecule has 0 amide bonds. The Balaban J connectivity index is 3.14. The molecule has 0 aliphatic heterocycles. The van der Waals surface area contributed by atoms with Gasteiger partial charge in [-0.2, -0.15) is 0 Å². The second-order valence-electron chi connectivity index (χ2n) is 5.40. The van der Waals surface area contributed by atoms with Crippen LogP contribution in [0.4, 0.5) is 5.69 Å². The van der Waals surface area contributed by atoms with Crippen LogP contribution in [0.1, 0.15) is 52.1 Å². The Hall–Kier alpha value is -1.22. The normalized spacial score (nSPS) is 12.6. The number of nitrogens with zero attached hydrogens (tertiary/aromatic N) is 1. The Kier molecular flexibility index (Phi) is 6.86. The summed E-state index contributed by atoms with van der Waals surface area (Å²) in [6.45, 7) is 10.8. The average molecular weight is 278 g/mol. The van der Waals surface area contributed by atoms with E-state index in [2.05, 4.69) is 37.8 Å². The Bertz CT molecular complexity index is 400. The second-order valence-corrected chi connectivity index (χ2v) is 5.40. The van der Waals surface area contributed by atoms with E-state index in [9.17, 15) is 0 Å². The van der Waals surface area contributed by atoms with Gasteiger partial charge in [0.25, 0.3) is 0 Å². The van der Waals surface area contributed by atoms with E-state index in [1.165, 1.54) is 18.5 Å². The molecule has 114 valence electrons. The fourth-order valence-electron chi connectivity index (χ4n) is 2.70. The maximum atomic E-state index is 6.17. The van der Waals surface area contributed by atoms with Crippen molar-refractivity contribution in [1.29, 1.82) is 0 Å². The fourth-order valence-corrected chi connectivity index (χ4v) is 2.70. The first kappa shape index (κ1) is 16.8. The van der Waals surface area contributed by atoms with E-state index in [-0.39, 0.29) is 6.04 Å². The van der Waals surface area contributed by atoms with Crippen LogP contribution in [0.5, 0.6) is 5.75 Å². The highest BCUT2D eigenvalue weighted by Crippen LogP contribution is 2.34. The first-order chi connectivity index (χ1) is 9.58. The topological polar surface area (TPSA) is 38.5 Å². The minimum absolute atomic E-state index is 0.0306. The molecule has 3 heteroatoms. The lowest BCUT2D eigenvalue weighted by Gasteiger charge is -2.31. The van der Waals surface area contributed by atoms with Crippen molar-refractivity contribution in [3.05, 3.63) is 23.8 Å². The molecular formula is C17H30N2O. The molecule has 1 aromatic rings. The van der Waals surface area contributed by atoms with Crippen molar-refractivity contribution in [2.75, 3.05) is 25.1 Å². The van der Waals surface area contributed by atoms with Crippen LogP contribution in [0, 0.1) is 5.92 Å². The van der Waals surface area contributed by atoms with Crippen LogP contribution < -0.4 is 15.4 Å². The SMILES string of the molecule is CCC(CC)CN(CC)c1cccc(OC)c1[C@@H](C)N. The number of methoxy groups -OCH3 is 1. The monoisotopic (exact) mass is 278 g/mol. The highest BCUT2D eigenvalue weighted by molar-refractivity contribution is 5.60. The molecular weight excluding hydrogens is 248 g/mol. The highest BCUT2D eigenvalue weighted by atomic mass is 16.5. The minimum atomic E-state index is -0.0306. The summed E-state index contributed by atoms with van der Waals surface area (Å²) in [7, 11) is 1.71. The summed E-state index contributed by atoms with van der Waals surface area (Å²) in [6.07, 6.45) is 2.43. The number of hydrogen-bond donors (Lipinski definition) is 1. The molecule has 2 N–H and O–H groups in total. The lowest BCUT2D eigenvalue weighted by atomic mass is 10.00. The molecule has 1 atom stereocenters. The van der Waals surface area contributed by atoms with Crippen LogP contribution in [-0.4, -0.2) is 20.2 Å². The van der Waals surface area contributed by atoms with Crippen LogP contribution in [-0.2, 0) is 0 Å². The zero-order valence-electron chi connectivity index (χ0n) is 13.6. The Morgan fingerprint density at radius 2 is 1.85 bits per heavy atom. The number of hydrogen-bond acceptors (Lipinski definition) is 3. The van der Waals surface area contributed by atoms with Gasteiger partial charge in [0.2, 0.25) is 0 Å². The molecule has 0 aliphatic rings. The van der Waals surface area contributed by atoms with E-state index >= 15 is 0 Å². The van der Waals surface area contributed by atoms with E-state index in [1.54, 1.807) is 7.11 Å². The van der Waals surface area contributed by atoms with Gasteiger partial charge in [0.1, 0.15) is 5.75 Å². The van der Waals surface area contributed by atoms with Crippen molar-refractivity contribution < 1.29 is 4.74 Å². The summed E-state index contributed by atoms with van der Waals surface area (Å²) < 4.78 is 5.49. The van der Waals surface area contributed by atoms with Gasteiger partial charge in [0.05, 0.1) is 7.11 Å². The van der Waals surface area contributed by atoms with Crippen LogP contribution in [0.3, 0.4) is 0 Å². The van der Waals surface area contributed by atoms with Gasteiger partial charge in [-0.1, -0.05) is 32.8 Å². The molecule has 0 bridgehead atoms. The molecule has 1 rings (SSSR count). The molecule has 0 spiro atoms. The van der Waals surface area contributed by atoms with Crippen molar-refractivity contribution in [1.82, 2.24) is 0 Å². The largest absolute Gasteiger partial charge is 0.496 e. The number of nitrogens with two attached hydrogens (primary N) is 1. The van der Waals surface area contributed by atoms with Crippen molar-refractivity contribution in [3.63, 3.8) is 0 Å². The minimum Gasteiger partial charge on any atom is -0.496 e. The molecule has 20 heavy (non-hydrogen) atoms. The van der Waals surface area contributed by atoms with Crippen LogP contribution in [0.15, 0.2) is 18.2 Å². The maximum Gasteiger partial charge on any atom is 0.125 e. The summed E-state index contributed by atoms with van der Waals surface area (Å²) in [4.78, 5) is 2.43. The third kappa shape index (κ3) is 3.89. The standard InChI is InChI=1S/C17H30N2O/c1-6-14(7-2)12-19(8-3)15-10-9-11-16(20-5)17(15)13(4)18/h9-11,13-14H,6-8,12,18H2,1-5H3/t13-/m1/s1. The van der Waals surface area contributed by atoms with Crippen molar-refractivity contribution in [3.8, 4) is 5.75 Å². The van der Waals surface area contributed by atoms with E-state index in [0.29, 0.717) is 0 Å². The average Bonchev–Trinajstić information content (AvgIpc) is 2.47. The third-order valence-electron chi connectivity index (χ3n) is 4.07. The van der Waals surface area contributed by atoms with Crippen LogP contribution >= 0.6 is 0 Å². The molecule has 0 fully saturated rings. The summed E-state index contributed by atoms with van der Waals surface area (Å²) in [5.74, 6) is 1.61. The summed E-state index contributed by atoms with van der Waals surface area (Å²) in [6, 6.07) is 6.17. The van der Waals surface area contributed by atoms with Gasteiger partial charge < -0.3 is 15.4 Å². The summed E-state index contributed by atoms with van der Waals surface area (Å²) >= 11 is 0. The van der Waals surface area contributed by atoms with Gasteiger partial charge in [-0.05, 0) is 31.9 Å². The molecule has 0 saturated heterocycles. The molecule has 0 saturated carbocycles. The van der Waals surface area contributed by atoms with Gasteiger partial charge in [-0.3, -0.25) is 0 Å². The predicted octanol–water partition coefficient (Wildman–Crippen LogP) is 3.98. The summed E-state index contributed by atoms with van der Waals surface area (Å²) in [5, 5.41) is 0. The molecule has 0 unspecified atom stereocenters.